The van der Waals surface area contributed by atoms with Gasteiger partial charge >= 0.3 is 5.97 Å². The number of esters is 1. The number of halogens is 1. The molecule has 3 nitrogen and oxygen atoms in total. The lowest BCUT2D eigenvalue weighted by Crippen LogP contribution is -2.38. The van der Waals surface area contributed by atoms with Crippen LogP contribution >= 0.6 is 12.4 Å². The van der Waals surface area contributed by atoms with Crippen molar-refractivity contribution in [3.05, 3.63) is 0 Å². The summed E-state index contributed by atoms with van der Waals surface area (Å²) in [6.07, 6.45) is 1.92. The highest BCUT2D eigenvalue weighted by atomic mass is 35.5. The third-order valence-corrected chi connectivity index (χ3v) is 2.27. The van der Waals surface area contributed by atoms with E-state index in [4.69, 9.17) is 4.74 Å². The Morgan fingerprint density at radius 2 is 2.36 bits per heavy atom. The van der Waals surface area contributed by atoms with Gasteiger partial charge in [0.1, 0.15) is 6.10 Å². The third-order valence-electron chi connectivity index (χ3n) is 2.27. The summed E-state index contributed by atoms with van der Waals surface area (Å²) in [4.78, 5) is 10.8. The molecule has 2 rings (SSSR count). The average molecular weight is 178 g/mol. The number of hydrogen-bond donors (Lipinski definition) is 1. The molecule has 2 saturated heterocycles. The van der Waals surface area contributed by atoms with Crippen molar-refractivity contribution in [2.45, 2.75) is 18.9 Å². The molecule has 0 radical (unpaired) electrons. The highest BCUT2D eigenvalue weighted by Gasteiger charge is 2.35. The first-order valence-electron chi connectivity index (χ1n) is 3.76. The van der Waals surface area contributed by atoms with E-state index < -0.39 is 0 Å². The molecule has 0 aromatic carbocycles. The van der Waals surface area contributed by atoms with E-state index in [-0.39, 0.29) is 24.5 Å². The van der Waals surface area contributed by atoms with Crippen molar-refractivity contribution in [2.75, 3.05) is 13.1 Å². The largest absolute Gasteiger partial charge is 0.461 e. The molecule has 2 atom stereocenters. The maximum atomic E-state index is 10.8. The summed E-state index contributed by atoms with van der Waals surface area (Å²) in [6.45, 7) is 1.90. The molecule has 2 heterocycles. The fourth-order valence-corrected chi connectivity index (χ4v) is 1.69. The van der Waals surface area contributed by atoms with Gasteiger partial charge in [0, 0.05) is 12.5 Å². The molecule has 0 unspecified atom stereocenters. The normalized spacial score (nSPS) is 35.5. The monoisotopic (exact) mass is 177 g/mol. The molecule has 0 amide bonds. The molecule has 2 fully saturated rings. The quantitative estimate of drug-likeness (QED) is 0.542. The molecular weight excluding hydrogens is 166 g/mol. The van der Waals surface area contributed by atoms with E-state index in [1.54, 1.807) is 0 Å². The Morgan fingerprint density at radius 1 is 1.55 bits per heavy atom. The Bertz CT molecular complexity index is 147. The fraction of sp³-hybridized carbons (Fsp3) is 0.857. The van der Waals surface area contributed by atoms with Gasteiger partial charge in [0.05, 0.1) is 6.42 Å². The lowest BCUT2D eigenvalue weighted by atomic mass is 9.95. The zero-order chi connectivity index (χ0) is 6.97. The van der Waals surface area contributed by atoms with Gasteiger partial charge in [0.15, 0.2) is 0 Å². The second-order valence-corrected chi connectivity index (χ2v) is 2.99. The van der Waals surface area contributed by atoms with Gasteiger partial charge in [-0.15, -0.1) is 12.4 Å². The SMILES string of the molecule is Cl.O=C1C[C@H]2CCNC[C@H]2O1. The van der Waals surface area contributed by atoms with Gasteiger partial charge in [-0.3, -0.25) is 4.79 Å². The molecule has 11 heavy (non-hydrogen) atoms. The number of rotatable bonds is 0. The summed E-state index contributed by atoms with van der Waals surface area (Å²) >= 11 is 0. The molecule has 0 aromatic heterocycles. The predicted molar refractivity (Wildman–Crippen MR) is 42.7 cm³/mol. The minimum absolute atomic E-state index is 0. The molecule has 4 heteroatoms. The van der Waals surface area contributed by atoms with Crippen molar-refractivity contribution in [3.8, 4) is 0 Å². The number of carbonyl (C=O) groups is 1. The lowest BCUT2D eigenvalue weighted by Gasteiger charge is -2.23. The Kier molecular flexibility index (Phi) is 2.73. The number of hydrogen-bond acceptors (Lipinski definition) is 3. The molecular formula is C7H12ClNO2. The van der Waals surface area contributed by atoms with Crippen molar-refractivity contribution in [1.29, 1.82) is 0 Å². The molecule has 0 aromatic rings. The summed E-state index contributed by atoms with van der Waals surface area (Å²) in [5.74, 6) is 0.493. The first-order chi connectivity index (χ1) is 4.86. The zero-order valence-corrected chi connectivity index (χ0v) is 7.02. The first kappa shape index (κ1) is 8.81. The van der Waals surface area contributed by atoms with Gasteiger partial charge in [-0.05, 0) is 13.0 Å². The van der Waals surface area contributed by atoms with Crippen LogP contribution in [0.1, 0.15) is 12.8 Å². The fourth-order valence-electron chi connectivity index (χ4n) is 1.69. The molecule has 2 aliphatic rings. The predicted octanol–water partition coefficient (Wildman–Crippen LogP) is 0.333. The van der Waals surface area contributed by atoms with Gasteiger partial charge < -0.3 is 10.1 Å². The van der Waals surface area contributed by atoms with Crippen LogP contribution in [-0.2, 0) is 9.53 Å². The molecule has 64 valence electrons. The van der Waals surface area contributed by atoms with E-state index >= 15 is 0 Å². The van der Waals surface area contributed by atoms with Crippen LogP contribution in [0.15, 0.2) is 0 Å². The van der Waals surface area contributed by atoms with Crippen molar-refractivity contribution in [2.24, 2.45) is 5.92 Å². The highest BCUT2D eigenvalue weighted by Crippen LogP contribution is 2.26. The summed E-state index contributed by atoms with van der Waals surface area (Å²) in [5.41, 5.74) is 0. The smallest absolute Gasteiger partial charge is 0.306 e. The standard InChI is InChI=1S/C7H11NO2.ClH/c9-7-3-5-1-2-8-4-6(5)10-7;/h5-6,8H,1-4H2;1H/t5-,6-;/m1./s1. The second-order valence-electron chi connectivity index (χ2n) is 2.99. The van der Waals surface area contributed by atoms with Crippen molar-refractivity contribution < 1.29 is 9.53 Å². The first-order valence-corrected chi connectivity index (χ1v) is 3.76. The average Bonchev–Trinajstić information content (AvgIpc) is 2.27. The van der Waals surface area contributed by atoms with Crippen LogP contribution in [0.5, 0.6) is 0 Å². The van der Waals surface area contributed by atoms with Crippen LogP contribution in [-0.4, -0.2) is 25.2 Å². The number of fused-ring (bicyclic) bond motifs is 1. The zero-order valence-electron chi connectivity index (χ0n) is 6.21. The number of ether oxygens (including phenoxy) is 1. The molecule has 0 saturated carbocycles. The van der Waals surface area contributed by atoms with Crippen molar-refractivity contribution >= 4 is 18.4 Å². The van der Waals surface area contributed by atoms with Crippen LogP contribution in [0, 0.1) is 5.92 Å². The number of piperidine rings is 1. The molecule has 0 aliphatic carbocycles. The van der Waals surface area contributed by atoms with Gasteiger partial charge in [0.2, 0.25) is 0 Å². The van der Waals surface area contributed by atoms with E-state index in [0.29, 0.717) is 12.3 Å². The van der Waals surface area contributed by atoms with E-state index in [0.717, 1.165) is 19.5 Å². The maximum Gasteiger partial charge on any atom is 0.306 e. The Hall–Kier alpha value is -0.280. The Morgan fingerprint density at radius 3 is 3.09 bits per heavy atom. The Balaban J connectivity index is 0.000000605. The van der Waals surface area contributed by atoms with E-state index in [9.17, 15) is 4.79 Å². The van der Waals surface area contributed by atoms with Crippen molar-refractivity contribution in [3.63, 3.8) is 0 Å². The maximum absolute atomic E-state index is 10.8. The molecule has 2 aliphatic heterocycles. The number of carbonyl (C=O) groups excluding carboxylic acids is 1. The van der Waals surface area contributed by atoms with Crippen LogP contribution in [0.2, 0.25) is 0 Å². The van der Waals surface area contributed by atoms with Crippen LogP contribution in [0.3, 0.4) is 0 Å². The summed E-state index contributed by atoms with van der Waals surface area (Å²) < 4.78 is 5.06. The van der Waals surface area contributed by atoms with Crippen LogP contribution in [0.4, 0.5) is 0 Å². The van der Waals surface area contributed by atoms with Gasteiger partial charge in [0.25, 0.3) is 0 Å². The summed E-state index contributed by atoms with van der Waals surface area (Å²) in [6, 6.07) is 0. The van der Waals surface area contributed by atoms with Crippen LogP contribution in [0.25, 0.3) is 0 Å². The molecule has 1 N–H and O–H groups in total. The lowest BCUT2D eigenvalue weighted by molar-refractivity contribution is -0.141. The van der Waals surface area contributed by atoms with E-state index in [1.165, 1.54) is 0 Å². The van der Waals surface area contributed by atoms with Crippen LogP contribution < -0.4 is 5.32 Å². The van der Waals surface area contributed by atoms with E-state index in [2.05, 4.69) is 5.32 Å². The Labute approximate surface area is 71.9 Å². The highest BCUT2D eigenvalue weighted by molar-refractivity contribution is 5.85. The second kappa shape index (κ2) is 3.41. The third kappa shape index (κ3) is 1.65. The number of nitrogens with one attached hydrogen (secondary N) is 1. The minimum Gasteiger partial charge on any atom is -0.461 e. The topological polar surface area (TPSA) is 38.3 Å². The minimum atomic E-state index is -0.0151. The van der Waals surface area contributed by atoms with Crippen molar-refractivity contribution in [1.82, 2.24) is 5.32 Å². The van der Waals surface area contributed by atoms with E-state index in [1.807, 2.05) is 0 Å². The summed E-state index contributed by atoms with van der Waals surface area (Å²) in [7, 11) is 0. The van der Waals surface area contributed by atoms with Gasteiger partial charge in [-0.2, -0.15) is 0 Å². The summed E-state index contributed by atoms with van der Waals surface area (Å²) in [5, 5.41) is 3.20. The van der Waals surface area contributed by atoms with Gasteiger partial charge in [-0.1, -0.05) is 0 Å². The van der Waals surface area contributed by atoms with Gasteiger partial charge in [-0.25, -0.2) is 0 Å². The molecule has 0 spiro atoms. The molecule has 0 bridgehead atoms.